The van der Waals surface area contributed by atoms with Crippen LogP contribution in [0.3, 0.4) is 0 Å². The second kappa shape index (κ2) is 8.22. The van der Waals surface area contributed by atoms with E-state index in [0.717, 1.165) is 0 Å². The van der Waals surface area contributed by atoms with Crippen LogP contribution in [0.2, 0.25) is 0 Å². The Kier molecular flexibility index (Phi) is 5.54. The van der Waals surface area contributed by atoms with Crippen molar-refractivity contribution in [3.8, 4) is 0 Å². The van der Waals surface area contributed by atoms with Gasteiger partial charge >= 0.3 is 17.6 Å². The monoisotopic (exact) mass is 409 g/mol. The van der Waals surface area contributed by atoms with Crippen molar-refractivity contribution in [2.75, 3.05) is 10.6 Å². The second-order valence-electron chi connectivity index (χ2n) is 6.11. The molecule has 0 saturated carbocycles. The number of hydrogen-bond acceptors (Lipinski definition) is 8. The molecule has 2 aromatic carbocycles. The van der Waals surface area contributed by atoms with E-state index in [1.54, 1.807) is 6.07 Å². The molecule has 11 nitrogen and oxygen atoms in total. The van der Waals surface area contributed by atoms with E-state index < -0.39 is 16.9 Å². The highest BCUT2D eigenvalue weighted by Crippen LogP contribution is 2.30. The molecule has 0 atom stereocenters. The van der Waals surface area contributed by atoms with Crippen molar-refractivity contribution < 1.29 is 24.7 Å². The van der Waals surface area contributed by atoms with Crippen LogP contribution in [0.15, 0.2) is 48.5 Å². The molecule has 0 saturated heterocycles. The Balaban J connectivity index is 2.00. The first-order valence-corrected chi connectivity index (χ1v) is 8.48. The minimum atomic E-state index is -1.15. The maximum atomic E-state index is 11.5. The number of carboxylic acids is 2. The summed E-state index contributed by atoms with van der Waals surface area (Å²) in [6.07, 6.45) is 0. The summed E-state index contributed by atoms with van der Waals surface area (Å²) in [7, 11) is 0. The molecule has 30 heavy (non-hydrogen) atoms. The third kappa shape index (κ3) is 4.47. The molecule has 3 aromatic rings. The molecular formula is C19H15N5O6. The average Bonchev–Trinajstić information content (AvgIpc) is 2.67. The number of benzene rings is 2. The second-order valence-corrected chi connectivity index (χ2v) is 6.11. The summed E-state index contributed by atoms with van der Waals surface area (Å²) in [5, 5.41) is 35.3. The molecule has 0 fully saturated rings. The Morgan fingerprint density at radius 2 is 1.47 bits per heavy atom. The van der Waals surface area contributed by atoms with Crippen LogP contribution < -0.4 is 10.6 Å². The number of aromatic carboxylic acids is 2. The Morgan fingerprint density at radius 1 is 0.933 bits per heavy atom. The fraction of sp³-hybridized carbons (Fsp3) is 0.0526. The van der Waals surface area contributed by atoms with Crippen LogP contribution in [0.4, 0.5) is 28.8 Å². The van der Waals surface area contributed by atoms with Gasteiger partial charge in [0.15, 0.2) is 0 Å². The van der Waals surface area contributed by atoms with E-state index in [0.29, 0.717) is 5.69 Å². The number of carbonyl (C=O) groups is 2. The van der Waals surface area contributed by atoms with Crippen molar-refractivity contribution in [1.82, 2.24) is 9.97 Å². The van der Waals surface area contributed by atoms with Crippen molar-refractivity contribution >= 4 is 40.8 Å². The third-order valence-electron chi connectivity index (χ3n) is 3.98. The van der Waals surface area contributed by atoms with Crippen LogP contribution in [-0.4, -0.2) is 37.0 Å². The van der Waals surface area contributed by atoms with Crippen molar-refractivity contribution in [3.63, 3.8) is 0 Å². The summed E-state index contributed by atoms with van der Waals surface area (Å²) in [4.78, 5) is 41.3. The van der Waals surface area contributed by atoms with Gasteiger partial charge in [-0.2, -0.15) is 4.98 Å². The van der Waals surface area contributed by atoms with Gasteiger partial charge in [0.2, 0.25) is 11.8 Å². The Hall–Kier alpha value is -4.54. The zero-order valence-electron chi connectivity index (χ0n) is 15.5. The lowest BCUT2D eigenvalue weighted by Gasteiger charge is -2.11. The SMILES string of the molecule is Cc1nc(Nc2cccc(C(=O)O)c2)nc(Nc2cccc(C(=O)O)c2)c1[N+](=O)[O-]. The van der Waals surface area contributed by atoms with Crippen LogP contribution in [0.5, 0.6) is 0 Å². The first-order valence-electron chi connectivity index (χ1n) is 8.48. The molecule has 3 rings (SSSR count). The molecular weight excluding hydrogens is 394 g/mol. The Bertz CT molecular complexity index is 1160. The van der Waals surface area contributed by atoms with Crippen LogP contribution in [0, 0.1) is 17.0 Å². The number of aryl methyl sites for hydroxylation is 1. The van der Waals surface area contributed by atoms with E-state index in [4.69, 9.17) is 10.2 Å². The number of aromatic nitrogens is 2. The van der Waals surface area contributed by atoms with Gasteiger partial charge in [-0.25, -0.2) is 14.6 Å². The van der Waals surface area contributed by atoms with E-state index in [1.807, 2.05) is 0 Å². The van der Waals surface area contributed by atoms with Crippen molar-refractivity contribution in [2.24, 2.45) is 0 Å². The number of nitrogens with one attached hydrogen (secondary N) is 2. The molecule has 0 amide bonds. The lowest BCUT2D eigenvalue weighted by Crippen LogP contribution is -2.08. The normalized spacial score (nSPS) is 10.3. The molecule has 0 spiro atoms. The van der Waals surface area contributed by atoms with Crippen LogP contribution in [0.25, 0.3) is 0 Å². The average molecular weight is 409 g/mol. The summed E-state index contributed by atoms with van der Waals surface area (Å²) in [6.45, 7) is 1.43. The van der Waals surface area contributed by atoms with Gasteiger partial charge in [0, 0.05) is 11.4 Å². The van der Waals surface area contributed by atoms with E-state index in [-0.39, 0.29) is 40.0 Å². The number of rotatable bonds is 7. The zero-order valence-corrected chi connectivity index (χ0v) is 15.5. The minimum Gasteiger partial charge on any atom is -0.478 e. The summed E-state index contributed by atoms with van der Waals surface area (Å²) >= 11 is 0. The fourth-order valence-corrected chi connectivity index (χ4v) is 2.65. The third-order valence-corrected chi connectivity index (χ3v) is 3.98. The number of nitrogens with zero attached hydrogens (tertiary/aromatic N) is 3. The summed E-state index contributed by atoms with van der Waals surface area (Å²) in [5.41, 5.74) is 0.390. The number of anilines is 4. The molecule has 152 valence electrons. The first-order chi connectivity index (χ1) is 14.2. The van der Waals surface area contributed by atoms with Gasteiger partial charge in [-0.3, -0.25) is 10.1 Å². The molecule has 11 heteroatoms. The molecule has 1 aromatic heterocycles. The van der Waals surface area contributed by atoms with E-state index in [1.165, 1.54) is 49.4 Å². The van der Waals surface area contributed by atoms with Crippen molar-refractivity contribution in [2.45, 2.75) is 6.92 Å². The predicted octanol–water partition coefficient (Wildman–Crippen LogP) is 3.58. The smallest absolute Gasteiger partial charge is 0.335 e. The molecule has 0 aliphatic heterocycles. The lowest BCUT2D eigenvalue weighted by molar-refractivity contribution is -0.385. The summed E-state index contributed by atoms with van der Waals surface area (Å²) in [5.74, 6) is -2.41. The quantitative estimate of drug-likeness (QED) is 0.334. The van der Waals surface area contributed by atoms with E-state index in [2.05, 4.69) is 20.6 Å². The zero-order chi connectivity index (χ0) is 21.8. The number of hydrogen-bond donors (Lipinski definition) is 4. The van der Waals surface area contributed by atoms with Crippen molar-refractivity contribution in [3.05, 3.63) is 75.5 Å². The van der Waals surface area contributed by atoms with Gasteiger partial charge in [0.1, 0.15) is 5.69 Å². The summed E-state index contributed by atoms with van der Waals surface area (Å²) in [6, 6.07) is 11.6. The molecule has 0 bridgehead atoms. The van der Waals surface area contributed by atoms with Gasteiger partial charge in [0.25, 0.3) is 0 Å². The topological polar surface area (TPSA) is 168 Å². The van der Waals surface area contributed by atoms with Crippen LogP contribution in [-0.2, 0) is 0 Å². The van der Waals surface area contributed by atoms with Gasteiger partial charge in [-0.05, 0) is 43.3 Å². The van der Waals surface area contributed by atoms with Gasteiger partial charge < -0.3 is 20.8 Å². The molecule has 4 N–H and O–H groups in total. The largest absolute Gasteiger partial charge is 0.478 e. The van der Waals surface area contributed by atoms with E-state index >= 15 is 0 Å². The van der Waals surface area contributed by atoms with Gasteiger partial charge in [0.05, 0.1) is 16.1 Å². The highest BCUT2D eigenvalue weighted by molar-refractivity contribution is 5.89. The first kappa shape index (κ1) is 20.2. The molecule has 1 heterocycles. The Morgan fingerprint density at radius 3 is 1.97 bits per heavy atom. The number of nitro groups is 1. The van der Waals surface area contributed by atoms with Gasteiger partial charge in [-0.15, -0.1) is 0 Å². The molecule has 0 aliphatic carbocycles. The number of carboxylic acid groups (broad SMARTS) is 2. The fourth-order valence-electron chi connectivity index (χ4n) is 2.65. The highest BCUT2D eigenvalue weighted by Gasteiger charge is 2.23. The maximum absolute atomic E-state index is 11.5. The summed E-state index contributed by atoms with van der Waals surface area (Å²) < 4.78 is 0. The standard InChI is InChI=1S/C19H15N5O6/c1-10-15(24(29)30)16(21-13-6-2-4-11(8-13)17(25)26)23-19(20-10)22-14-7-3-5-12(9-14)18(27)28/h2-9H,1H3,(H,25,26)(H,27,28)(H2,20,21,22,23). The molecule has 0 unspecified atom stereocenters. The van der Waals surface area contributed by atoms with E-state index in [9.17, 15) is 19.7 Å². The highest BCUT2D eigenvalue weighted by atomic mass is 16.6. The van der Waals surface area contributed by atoms with Crippen molar-refractivity contribution in [1.29, 1.82) is 0 Å². The minimum absolute atomic E-state index is 0.00229. The predicted molar refractivity (Wildman–Crippen MR) is 107 cm³/mol. The maximum Gasteiger partial charge on any atom is 0.335 e. The Labute approximate surface area is 169 Å². The lowest BCUT2D eigenvalue weighted by atomic mass is 10.2. The van der Waals surface area contributed by atoms with Gasteiger partial charge in [-0.1, -0.05) is 12.1 Å². The van der Waals surface area contributed by atoms with Crippen LogP contribution in [0.1, 0.15) is 26.4 Å². The molecule has 0 radical (unpaired) electrons. The van der Waals surface area contributed by atoms with Crippen LogP contribution >= 0.6 is 0 Å². The molecule has 0 aliphatic rings.